The van der Waals surface area contributed by atoms with Crippen molar-refractivity contribution < 1.29 is 13.2 Å². The Morgan fingerprint density at radius 1 is 1.58 bits per heavy atom. The first-order valence-electron chi connectivity index (χ1n) is 3.20. The molecule has 0 aliphatic carbocycles. The van der Waals surface area contributed by atoms with E-state index < -0.39 is 12.7 Å². The third-order valence-corrected chi connectivity index (χ3v) is 1.98. The van der Waals surface area contributed by atoms with Crippen molar-refractivity contribution in [3.8, 4) is 0 Å². The molecule has 1 aromatic rings. The van der Waals surface area contributed by atoms with Crippen LogP contribution in [0, 0.1) is 6.92 Å². The molecule has 2 nitrogen and oxygen atoms in total. The summed E-state index contributed by atoms with van der Waals surface area (Å²) >= 11 is 1.17. The van der Waals surface area contributed by atoms with Crippen LogP contribution in [0.1, 0.15) is 5.69 Å². The van der Waals surface area contributed by atoms with Crippen LogP contribution in [0.2, 0.25) is 0 Å². The number of aryl methyl sites for hydroxylation is 1. The molecule has 0 fully saturated rings. The topological polar surface area (TPSA) is 24.9 Å². The molecule has 0 spiro atoms. The minimum Gasteiger partial charge on any atom is -0.352 e. The first-order valence-corrected chi connectivity index (χ1v) is 4.08. The number of aromatic nitrogens is 1. The Labute approximate surface area is 71.4 Å². The lowest BCUT2D eigenvalue weighted by atomic mass is 10.6. The Balaban J connectivity index is 2.44. The minimum atomic E-state index is -4.18. The molecular formula is C6H7F3N2S. The molecule has 0 atom stereocenters. The third kappa shape index (κ3) is 3.08. The second-order valence-electron chi connectivity index (χ2n) is 2.26. The van der Waals surface area contributed by atoms with Gasteiger partial charge in [0.15, 0.2) is 5.13 Å². The van der Waals surface area contributed by atoms with Gasteiger partial charge in [0.1, 0.15) is 6.54 Å². The maximum atomic E-state index is 11.7. The van der Waals surface area contributed by atoms with Crippen molar-refractivity contribution in [1.29, 1.82) is 0 Å². The highest BCUT2D eigenvalue weighted by molar-refractivity contribution is 7.13. The fourth-order valence-corrected chi connectivity index (χ4v) is 1.30. The Morgan fingerprint density at radius 2 is 2.25 bits per heavy atom. The predicted molar refractivity (Wildman–Crippen MR) is 41.4 cm³/mol. The Kier molecular flexibility index (Phi) is 2.56. The fourth-order valence-electron chi connectivity index (χ4n) is 0.611. The van der Waals surface area contributed by atoms with E-state index in [4.69, 9.17) is 0 Å². The zero-order chi connectivity index (χ0) is 9.19. The zero-order valence-electron chi connectivity index (χ0n) is 6.27. The number of anilines is 1. The van der Waals surface area contributed by atoms with Crippen LogP contribution in [-0.2, 0) is 0 Å². The molecule has 0 amide bonds. The van der Waals surface area contributed by atoms with Crippen molar-refractivity contribution in [3.05, 3.63) is 11.1 Å². The van der Waals surface area contributed by atoms with Crippen LogP contribution in [-0.4, -0.2) is 17.7 Å². The summed E-state index contributed by atoms with van der Waals surface area (Å²) in [6, 6.07) is 0. The first-order chi connectivity index (χ1) is 5.47. The van der Waals surface area contributed by atoms with Gasteiger partial charge in [-0.1, -0.05) is 0 Å². The lowest BCUT2D eigenvalue weighted by Crippen LogP contribution is -2.21. The normalized spacial score (nSPS) is 11.7. The standard InChI is InChI=1S/C6H7F3N2S/c1-4-2-12-5(11-4)10-3-6(7,8)9/h2H,3H2,1H3,(H,10,11). The lowest BCUT2D eigenvalue weighted by Gasteiger charge is -2.05. The van der Waals surface area contributed by atoms with E-state index >= 15 is 0 Å². The van der Waals surface area contributed by atoms with Crippen molar-refractivity contribution in [2.75, 3.05) is 11.9 Å². The molecule has 0 aliphatic rings. The second-order valence-corrected chi connectivity index (χ2v) is 3.12. The number of rotatable bonds is 2. The Bertz CT molecular complexity index is 256. The summed E-state index contributed by atoms with van der Waals surface area (Å²) in [5, 5.41) is 4.19. The number of hydrogen-bond acceptors (Lipinski definition) is 3. The Morgan fingerprint density at radius 3 is 2.67 bits per heavy atom. The van der Waals surface area contributed by atoms with Crippen LogP contribution in [0.15, 0.2) is 5.38 Å². The summed E-state index contributed by atoms with van der Waals surface area (Å²) in [5.41, 5.74) is 0.727. The predicted octanol–water partition coefficient (Wildman–Crippen LogP) is 2.43. The van der Waals surface area contributed by atoms with Gasteiger partial charge in [-0.05, 0) is 6.92 Å². The molecule has 0 saturated carbocycles. The lowest BCUT2D eigenvalue weighted by molar-refractivity contribution is -0.115. The van der Waals surface area contributed by atoms with Gasteiger partial charge in [0, 0.05) is 5.38 Å². The van der Waals surface area contributed by atoms with E-state index in [0.717, 1.165) is 5.69 Å². The van der Waals surface area contributed by atoms with Gasteiger partial charge in [-0.15, -0.1) is 11.3 Å². The molecule has 0 saturated heterocycles. The Hall–Kier alpha value is -0.780. The monoisotopic (exact) mass is 196 g/mol. The van der Waals surface area contributed by atoms with E-state index in [1.807, 2.05) is 0 Å². The van der Waals surface area contributed by atoms with E-state index in [2.05, 4.69) is 10.3 Å². The van der Waals surface area contributed by atoms with Crippen LogP contribution < -0.4 is 5.32 Å². The van der Waals surface area contributed by atoms with Gasteiger partial charge >= 0.3 is 6.18 Å². The highest BCUT2D eigenvalue weighted by Crippen LogP contribution is 2.18. The largest absolute Gasteiger partial charge is 0.405 e. The van der Waals surface area contributed by atoms with E-state index in [9.17, 15) is 13.2 Å². The van der Waals surface area contributed by atoms with E-state index in [1.165, 1.54) is 11.3 Å². The van der Waals surface area contributed by atoms with Crippen molar-refractivity contribution in [2.45, 2.75) is 13.1 Å². The SMILES string of the molecule is Cc1csc(NCC(F)(F)F)n1. The average molecular weight is 196 g/mol. The van der Waals surface area contributed by atoms with E-state index in [0.29, 0.717) is 5.13 Å². The minimum absolute atomic E-state index is 0.310. The van der Waals surface area contributed by atoms with Crippen LogP contribution in [0.4, 0.5) is 18.3 Å². The quantitative estimate of drug-likeness (QED) is 0.785. The van der Waals surface area contributed by atoms with Crippen molar-refractivity contribution in [3.63, 3.8) is 0 Å². The molecule has 0 aliphatic heterocycles. The molecule has 1 heterocycles. The van der Waals surface area contributed by atoms with Gasteiger partial charge in [0.2, 0.25) is 0 Å². The van der Waals surface area contributed by atoms with Crippen LogP contribution in [0.25, 0.3) is 0 Å². The van der Waals surface area contributed by atoms with Gasteiger partial charge in [-0.25, -0.2) is 4.98 Å². The molecule has 0 radical (unpaired) electrons. The van der Waals surface area contributed by atoms with Crippen molar-refractivity contribution in [2.24, 2.45) is 0 Å². The highest BCUT2D eigenvalue weighted by Gasteiger charge is 2.26. The molecule has 0 bridgehead atoms. The summed E-state index contributed by atoms with van der Waals surface area (Å²) in [7, 11) is 0. The van der Waals surface area contributed by atoms with Crippen LogP contribution in [0.5, 0.6) is 0 Å². The molecular weight excluding hydrogens is 189 g/mol. The third-order valence-electron chi connectivity index (χ3n) is 1.06. The molecule has 1 N–H and O–H groups in total. The zero-order valence-corrected chi connectivity index (χ0v) is 7.09. The van der Waals surface area contributed by atoms with Gasteiger partial charge in [-0.2, -0.15) is 13.2 Å². The number of nitrogens with one attached hydrogen (secondary N) is 1. The first kappa shape index (κ1) is 9.31. The number of thiazole rings is 1. The van der Waals surface area contributed by atoms with Crippen molar-refractivity contribution >= 4 is 16.5 Å². The fraction of sp³-hybridized carbons (Fsp3) is 0.500. The van der Waals surface area contributed by atoms with Crippen molar-refractivity contribution in [1.82, 2.24) is 4.98 Å². The van der Waals surface area contributed by atoms with Gasteiger partial charge in [0.25, 0.3) is 0 Å². The van der Waals surface area contributed by atoms with E-state index in [1.54, 1.807) is 12.3 Å². The average Bonchev–Trinajstić information content (AvgIpc) is 2.30. The molecule has 0 unspecified atom stereocenters. The highest BCUT2D eigenvalue weighted by atomic mass is 32.1. The summed E-state index contributed by atoms with van der Waals surface area (Å²) in [5.74, 6) is 0. The van der Waals surface area contributed by atoms with E-state index in [-0.39, 0.29) is 0 Å². The summed E-state index contributed by atoms with van der Waals surface area (Å²) in [6.45, 7) is 0.704. The van der Waals surface area contributed by atoms with Crippen LogP contribution in [0.3, 0.4) is 0 Å². The molecule has 6 heteroatoms. The number of hydrogen-bond donors (Lipinski definition) is 1. The smallest absolute Gasteiger partial charge is 0.352 e. The van der Waals surface area contributed by atoms with Gasteiger partial charge in [-0.3, -0.25) is 0 Å². The maximum Gasteiger partial charge on any atom is 0.405 e. The maximum absolute atomic E-state index is 11.7. The second kappa shape index (κ2) is 3.30. The number of nitrogens with zero attached hydrogens (tertiary/aromatic N) is 1. The summed E-state index contributed by atoms with van der Waals surface area (Å²) in [6.07, 6.45) is -4.18. The number of alkyl halides is 3. The van der Waals surface area contributed by atoms with Gasteiger partial charge < -0.3 is 5.32 Å². The summed E-state index contributed by atoms with van der Waals surface area (Å²) < 4.78 is 35.0. The van der Waals surface area contributed by atoms with Crippen LogP contribution >= 0.6 is 11.3 Å². The molecule has 0 aromatic carbocycles. The number of halogens is 3. The molecule has 12 heavy (non-hydrogen) atoms. The molecule has 68 valence electrons. The summed E-state index contributed by atoms with van der Waals surface area (Å²) in [4.78, 5) is 3.82. The van der Waals surface area contributed by atoms with Gasteiger partial charge in [0.05, 0.1) is 5.69 Å². The molecule has 1 rings (SSSR count). The molecule has 1 aromatic heterocycles.